The second-order valence-corrected chi connectivity index (χ2v) is 4.32. The number of carbonyl (C=O) groups excluding carboxylic acids is 3. The second kappa shape index (κ2) is 5.38. The van der Waals surface area contributed by atoms with Crippen LogP contribution >= 0.6 is 0 Å². The summed E-state index contributed by atoms with van der Waals surface area (Å²) in [6.07, 6.45) is 1.21. The molecule has 0 saturated heterocycles. The van der Waals surface area contributed by atoms with E-state index in [1.807, 2.05) is 0 Å². The largest absolute Gasteiger partial charge is 0.463 e. The van der Waals surface area contributed by atoms with Crippen LogP contribution in [0.25, 0.3) is 0 Å². The highest BCUT2D eigenvalue weighted by Crippen LogP contribution is 2.35. The summed E-state index contributed by atoms with van der Waals surface area (Å²) in [5.74, 6) is -3.02. The molecule has 0 radical (unpaired) electrons. The molecule has 1 saturated carbocycles. The third kappa shape index (κ3) is 2.70. The van der Waals surface area contributed by atoms with Gasteiger partial charge >= 0.3 is 5.97 Å². The molecule has 1 rings (SSSR count). The van der Waals surface area contributed by atoms with Crippen molar-refractivity contribution in [2.75, 3.05) is 6.61 Å². The van der Waals surface area contributed by atoms with Crippen LogP contribution in [0.2, 0.25) is 0 Å². The molecule has 1 aliphatic carbocycles. The van der Waals surface area contributed by atoms with Crippen LogP contribution in [0.15, 0.2) is 0 Å². The lowest BCUT2D eigenvalue weighted by molar-refractivity contribution is -0.167. The van der Waals surface area contributed by atoms with Crippen LogP contribution < -0.4 is 0 Å². The van der Waals surface area contributed by atoms with Gasteiger partial charge in [-0.3, -0.25) is 9.59 Å². The van der Waals surface area contributed by atoms with Crippen molar-refractivity contribution < 1.29 is 23.5 Å². The Bertz CT molecular complexity index is 339. The van der Waals surface area contributed by atoms with Crippen molar-refractivity contribution in [2.24, 2.45) is 5.92 Å². The molecule has 0 aromatic carbocycles. The Hall–Kier alpha value is -1.26. The Balaban J connectivity index is 2.94. The van der Waals surface area contributed by atoms with Gasteiger partial charge in [-0.2, -0.15) is 0 Å². The molecular formula is C12H17FO4. The molecule has 5 heteroatoms. The zero-order valence-electron chi connectivity index (χ0n) is 10.1. The summed E-state index contributed by atoms with van der Waals surface area (Å²) in [5.41, 5.74) is -2.66. The molecule has 0 bridgehead atoms. The van der Waals surface area contributed by atoms with Crippen LogP contribution in [-0.2, 0) is 19.1 Å². The lowest BCUT2D eigenvalue weighted by atomic mass is 9.75. The van der Waals surface area contributed by atoms with E-state index in [2.05, 4.69) is 4.74 Å². The van der Waals surface area contributed by atoms with Gasteiger partial charge in [0.25, 0.3) is 5.67 Å². The molecular weight excluding hydrogens is 227 g/mol. The van der Waals surface area contributed by atoms with Crippen molar-refractivity contribution in [3.63, 3.8) is 0 Å². The van der Waals surface area contributed by atoms with Crippen molar-refractivity contribution in [3.8, 4) is 0 Å². The maximum Gasteiger partial charge on any atom is 0.352 e. The van der Waals surface area contributed by atoms with Crippen LogP contribution in [0.3, 0.4) is 0 Å². The average molecular weight is 244 g/mol. The summed E-state index contributed by atoms with van der Waals surface area (Å²) in [5, 5.41) is 0. The molecule has 17 heavy (non-hydrogen) atoms. The van der Waals surface area contributed by atoms with E-state index in [-0.39, 0.29) is 18.8 Å². The Kier molecular flexibility index (Phi) is 4.37. The predicted molar refractivity (Wildman–Crippen MR) is 58.1 cm³/mol. The number of ketones is 2. The third-order valence-corrected chi connectivity index (χ3v) is 3.13. The van der Waals surface area contributed by atoms with E-state index in [9.17, 15) is 18.8 Å². The SMILES string of the molecule is CCOC(=O)C(F)(C(C)=O)C1CCCC(=O)C1. The van der Waals surface area contributed by atoms with Crippen LogP contribution in [-0.4, -0.2) is 29.8 Å². The predicted octanol–water partition coefficient (Wildman–Crippen LogP) is 1.61. The summed E-state index contributed by atoms with van der Waals surface area (Å²) < 4.78 is 19.2. The quantitative estimate of drug-likeness (QED) is 0.556. The van der Waals surface area contributed by atoms with Gasteiger partial charge in [0, 0.05) is 18.8 Å². The first-order chi connectivity index (χ1) is 7.92. The first-order valence-corrected chi connectivity index (χ1v) is 5.81. The number of carbonyl (C=O) groups is 3. The number of hydrogen-bond acceptors (Lipinski definition) is 4. The molecule has 0 amide bonds. The third-order valence-electron chi connectivity index (χ3n) is 3.13. The van der Waals surface area contributed by atoms with Crippen molar-refractivity contribution in [2.45, 2.75) is 45.2 Å². The van der Waals surface area contributed by atoms with E-state index < -0.39 is 23.3 Å². The van der Waals surface area contributed by atoms with E-state index in [4.69, 9.17) is 0 Å². The maximum atomic E-state index is 14.6. The van der Waals surface area contributed by atoms with Gasteiger partial charge < -0.3 is 4.74 Å². The number of esters is 1. The Morgan fingerprint density at radius 1 is 1.53 bits per heavy atom. The van der Waals surface area contributed by atoms with E-state index in [0.29, 0.717) is 19.3 Å². The first-order valence-electron chi connectivity index (χ1n) is 5.81. The van der Waals surface area contributed by atoms with Gasteiger partial charge in [0.05, 0.1) is 6.61 Å². The van der Waals surface area contributed by atoms with Crippen molar-refractivity contribution in [1.29, 1.82) is 0 Å². The van der Waals surface area contributed by atoms with Crippen LogP contribution in [0.1, 0.15) is 39.5 Å². The molecule has 0 aromatic heterocycles. The zero-order valence-corrected chi connectivity index (χ0v) is 10.1. The standard InChI is InChI=1S/C12H17FO4/c1-3-17-11(16)12(13,8(2)14)9-5-4-6-10(15)7-9/h9H,3-7H2,1-2H3. The van der Waals surface area contributed by atoms with Crippen LogP contribution in [0.5, 0.6) is 0 Å². The van der Waals surface area contributed by atoms with Crippen molar-refractivity contribution in [1.82, 2.24) is 0 Å². The van der Waals surface area contributed by atoms with Crippen molar-refractivity contribution >= 4 is 17.5 Å². The van der Waals surface area contributed by atoms with Gasteiger partial charge in [-0.05, 0) is 26.7 Å². The number of ether oxygens (including phenoxy) is 1. The minimum atomic E-state index is -2.66. The first kappa shape index (κ1) is 13.8. The molecule has 4 nitrogen and oxygen atoms in total. The lowest BCUT2D eigenvalue weighted by Crippen LogP contribution is -2.50. The van der Waals surface area contributed by atoms with E-state index in [0.717, 1.165) is 6.92 Å². The zero-order chi connectivity index (χ0) is 13.1. The smallest absolute Gasteiger partial charge is 0.352 e. The summed E-state index contributed by atoms with van der Waals surface area (Å²) in [6, 6.07) is 0. The topological polar surface area (TPSA) is 60.4 Å². The van der Waals surface area contributed by atoms with E-state index >= 15 is 0 Å². The highest BCUT2D eigenvalue weighted by molar-refractivity contribution is 6.07. The van der Waals surface area contributed by atoms with Gasteiger partial charge in [-0.15, -0.1) is 0 Å². The highest BCUT2D eigenvalue weighted by Gasteiger charge is 2.53. The fourth-order valence-corrected chi connectivity index (χ4v) is 2.20. The molecule has 2 unspecified atom stereocenters. The monoisotopic (exact) mass is 244 g/mol. The number of rotatable bonds is 4. The fourth-order valence-electron chi connectivity index (χ4n) is 2.20. The average Bonchev–Trinajstić information content (AvgIpc) is 2.27. The highest BCUT2D eigenvalue weighted by atomic mass is 19.1. The molecule has 0 N–H and O–H groups in total. The Morgan fingerprint density at radius 2 is 2.18 bits per heavy atom. The maximum absolute atomic E-state index is 14.6. The number of Topliss-reactive ketones (excluding diaryl/α,β-unsaturated/α-hetero) is 2. The van der Waals surface area contributed by atoms with Gasteiger partial charge in [0.2, 0.25) is 0 Å². The van der Waals surface area contributed by atoms with E-state index in [1.54, 1.807) is 6.92 Å². The number of hydrogen-bond donors (Lipinski definition) is 0. The van der Waals surface area contributed by atoms with Gasteiger partial charge in [0.1, 0.15) is 5.78 Å². The molecule has 2 atom stereocenters. The molecule has 0 aromatic rings. The Labute approximate surface area is 99.5 Å². The minimum absolute atomic E-state index is 0.0124. The molecule has 96 valence electrons. The van der Waals surface area contributed by atoms with Gasteiger partial charge in [0.15, 0.2) is 5.78 Å². The summed E-state index contributed by atoms with van der Waals surface area (Å²) in [4.78, 5) is 34.3. The molecule has 1 fully saturated rings. The van der Waals surface area contributed by atoms with E-state index in [1.165, 1.54) is 0 Å². The van der Waals surface area contributed by atoms with Gasteiger partial charge in [-0.1, -0.05) is 0 Å². The molecule has 0 aliphatic heterocycles. The second-order valence-electron chi connectivity index (χ2n) is 4.32. The summed E-state index contributed by atoms with van der Waals surface area (Å²) >= 11 is 0. The van der Waals surface area contributed by atoms with Crippen LogP contribution in [0.4, 0.5) is 4.39 Å². The van der Waals surface area contributed by atoms with Gasteiger partial charge in [-0.25, -0.2) is 9.18 Å². The lowest BCUT2D eigenvalue weighted by Gasteiger charge is -2.31. The Morgan fingerprint density at radius 3 is 2.65 bits per heavy atom. The van der Waals surface area contributed by atoms with Crippen LogP contribution in [0, 0.1) is 5.92 Å². The minimum Gasteiger partial charge on any atom is -0.463 e. The number of halogens is 1. The van der Waals surface area contributed by atoms with Crippen molar-refractivity contribution in [3.05, 3.63) is 0 Å². The summed E-state index contributed by atoms with van der Waals surface area (Å²) in [7, 11) is 0. The molecule has 0 heterocycles. The summed E-state index contributed by atoms with van der Waals surface area (Å²) in [6.45, 7) is 2.58. The normalized spacial score (nSPS) is 23.9. The molecule has 0 spiro atoms. The molecule has 1 aliphatic rings. The fraction of sp³-hybridized carbons (Fsp3) is 0.750. The number of alkyl halides is 1.